The van der Waals surface area contributed by atoms with Crippen LogP contribution in [-0.2, 0) is 6.18 Å². The summed E-state index contributed by atoms with van der Waals surface area (Å²) in [5, 5.41) is 13.2. The summed E-state index contributed by atoms with van der Waals surface area (Å²) in [7, 11) is 0. The highest BCUT2D eigenvalue weighted by Gasteiger charge is 2.38. The molecule has 0 heterocycles. The number of hydrogen-bond donors (Lipinski definition) is 2. The second-order valence-electron chi connectivity index (χ2n) is 3.57. The molecular weight excluding hydrogens is 263 g/mol. The van der Waals surface area contributed by atoms with Crippen molar-refractivity contribution in [2.24, 2.45) is 5.73 Å². The molecule has 0 aromatic heterocycles. The lowest BCUT2D eigenvalue weighted by atomic mass is 10.1. The fourth-order valence-corrected chi connectivity index (χ4v) is 1.39. The summed E-state index contributed by atoms with van der Waals surface area (Å²) in [6.45, 7) is 0.613. The second-order valence-corrected chi connectivity index (χ2v) is 3.57. The molecule has 1 rings (SSSR count). The van der Waals surface area contributed by atoms with Crippen LogP contribution >= 0.6 is 0 Å². The fourth-order valence-electron chi connectivity index (χ4n) is 1.39. The van der Waals surface area contributed by atoms with Gasteiger partial charge in [-0.1, -0.05) is 12.2 Å². The molecule has 1 aromatic rings. The molecule has 104 valence electrons. The van der Waals surface area contributed by atoms with Crippen LogP contribution in [0.4, 0.5) is 24.5 Å². The molecular formula is C11H12F3N3O2. The predicted octanol–water partition coefficient (Wildman–Crippen LogP) is 2.54. The second kappa shape index (κ2) is 6.19. The van der Waals surface area contributed by atoms with Crippen LogP contribution in [0.2, 0.25) is 0 Å². The summed E-state index contributed by atoms with van der Waals surface area (Å²) in [6.07, 6.45) is -1.48. The minimum Gasteiger partial charge on any atom is -0.382 e. The quantitative estimate of drug-likeness (QED) is 0.491. The third kappa shape index (κ3) is 4.25. The molecule has 5 nitrogen and oxygen atoms in total. The molecule has 1 aromatic carbocycles. The maximum Gasteiger partial charge on any atom is 0.423 e. The summed E-state index contributed by atoms with van der Waals surface area (Å²) in [5.74, 6) is 0. The van der Waals surface area contributed by atoms with Crippen molar-refractivity contribution in [2.75, 3.05) is 18.4 Å². The van der Waals surface area contributed by atoms with Crippen LogP contribution in [-0.4, -0.2) is 18.0 Å². The normalized spacial score (nSPS) is 11.8. The Morgan fingerprint density at radius 2 is 2.05 bits per heavy atom. The first-order valence-corrected chi connectivity index (χ1v) is 5.31. The fraction of sp³-hybridized carbons (Fsp3) is 0.273. The molecule has 3 N–H and O–H groups in total. The zero-order chi connectivity index (χ0) is 14.5. The van der Waals surface area contributed by atoms with Gasteiger partial charge in [0.1, 0.15) is 5.56 Å². The summed E-state index contributed by atoms with van der Waals surface area (Å²) < 4.78 is 38.0. The van der Waals surface area contributed by atoms with Gasteiger partial charge in [0.15, 0.2) is 0 Å². The van der Waals surface area contributed by atoms with Crippen molar-refractivity contribution < 1.29 is 18.1 Å². The number of nitrogens with zero attached hydrogens (tertiary/aromatic N) is 1. The van der Waals surface area contributed by atoms with Gasteiger partial charge < -0.3 is 11.1 Å². The van der Waals surface area contributed by atoms with E-state index in [-0.39, 0.29) is 12.2 Å². The van der Waals surface area contributed by atoms with Gasteiger partial charge in [0.05, 0.1) is 4.92 Å². The number of rotatable bonds is 5. The van der Waals surface area contributed by atoms with Crippen molar-refractivity contribution in [1.29, 1.82) is 0 Å². The molecule has 0 aliphatic heterocycles. The number of anilines is 1. The van der Waals surface area contributed by atoms with Gasteiger partial charge in [-0.15, -0.1) is 0 Å². The Morgan fingerprint density at radius 3 is 2.58 bits per heavy atom. The Hall–Kier alpha value is -2.09. The van der Waals surface area contributed by atoms with Crippen molar-refractivity contribution in [3.63, 3.8) is 0 Å². The Labute approximate surface area is 107 Å². The highest BCUT2D eigenvalue weighted by Crippen LogP contribution is 2.37. The van der Waals surface area contributed by atoms with Gasteiger partial charge in [0.2, 0.25) is 0 Å². The van der Waals surface area contributed by atoms with Crippen molar-refractivity contribution in [1.82, 2.24) is 0 Å². The van der Waals surface area contributed by atoms with E-state index in [0.717, 1.165) is 6.07 Å². The average Bonchev–Trinajstić information content (AvgIpc) is 2.33. The van der Waals surface area contributed by atoms with Gasteiger partial charge in [-0.2, -0.15) is 13.2 Å². The van der Waals surface area contributed by atoms with Crippen LogP contribution in [0.1, 0.15) is 5.56 Å². The number of hydrogen-bond acceptors (Lipinski definition) is 4. The van der Waals surface area contributed by atoms with Gasteiger partial charge in [0.25, 0.3) is 5.69 Å². The van der Waals surface area contributed by atoms with Gasteiger partial charge in [-0.25, -0.2) is 0 Å². The molecule has 0 aliphatic carbocycles. The lowest BCUT2D eigenvalue weighted by molar-refractivity contribution is -0.388. The number of halogens is 3. The molecule has 0 fully saturated rings. The number of nitro groups is 1. The van der Waals surface area contributed by atoms with Crippen molar-refractivity contribution in [3.05, 3.63) is 46.0 Å². The first-order chi connectivity index (χ1) is 8.86. The van der Waals surface area contributed by atoms with Crippen LogP contribution in [0.3, 0.4) is 0 Å². The monoisotopic (exact) mass is 275 g/mol. The van der Waals surface area contributed by atoms with Crippen LogP contribution in [0, 0.1) is 10.1 Å². The first-order valence-electron chi connectivity index (χ1n) is 5.31. The van der Waals surface area contributed by atoms with Crippen molar-refractivity contribution in [3.8, 4) is 0 Å². The standard InChI is InChI=1S/C11H12F3N3O2/c12-11(13,14)9-7-8(16-6-2-1-5-15)3-4-10(9)17(18)19/h1-4,7,16H,5-6,15H2/b2-1+. The zero-order valence-corrected chi connectivity index (χ0v) is 9.78. The maximum absolute atomic E-state index is 12.7. The average molecular weight is 275 g/mol. The molecule has 0 saturated heterocycles. The molecule has 0 aliphatic rings. The summed E-state index contributed by atoms with van der Waals surface area (Å²) in [4.78, 5) is 9.48. The number of nitrogens with one attached hydrogen (secondary N) is 1. The molecule has 0 radical (unpaired) electrons. The Bertz CT molecular complexity index is 487. The zero-order valence-electron chi connectivity index (χ0n) is 9.78. The smallest absolute Gasteiger partial charge is 0.382 e. The number of nitrogens with two attached hydrogens (primary N) is 1. The predicted molar refractivity (Wildman–Crippen MR) is 64.8 cm³/mol. The van der Waals surface area contributed by atoms with E-state index in [9.17, 15) is 23.3 Å². The van der Waals surface area contributed by atoms with E-state index < -0.39 is 22.4 Å². The first kappa shape index (κ1) is 15.0. The van der Waals surface area contributed by atoms with Crippen molar-refractivity contribution in [2.45, 2.75) is 6.18 Å². The summed E-state index contributed by atoms with van der Waals surface area (Å²) in [6, 6.07) is 2.77. The third-order valence-electron chi connectivity index (χ3n) is 2.23. The number of nitro benzene ring substituents is 1. The Morgan fingerprint density at radius 1 is 1.37 bits per heavy atom. The molecule has 0 unspecified atom stereocenters. The van der Waals surface area contributed by atoms with E-state index in [1.54, 1.807) is 12.2 Å². The number of alkyl halides is 3. The molecule has 0 bridgehead atoms. The van der Waals surface area contributed by atoms with Crippen LogP contribution < -0.4 is 11.1 Å². The van der Waals surface area contributed by atoms with Crippen LogP contribution in [0.25, 0.3) is 0 Å². The lowest BCUT2D eigenvalue weighted by Crippen LogP contribution is -2.10. The lowest BCUT2D eigenvalue weighted by Gasteiger charge is -2.10. The van der Waals surface area contributed by atoms with E-state index in [1.807, 2.05) is 0 Å². The summed E-state index contributed by atoms with van der Waals surface area (Å²) >= 11 is 0. The Balaban J connectivity index is 2.99. The van der Waals surface area contributed by atoms with Gasteiger partial charge >= 0.3 is 6.18 Å². The van der Waals surface area contributed by atoms with E-state index in [4.69, 9.17) is 5.73 Å². The molecule has 0 atom stereocenters. The van der Waals surface area contributed by atoms with Gasteiger partial charge in [0, 0.05) is 24.8 Å². The highest BCUT2D eigenvalue weighted by molar-refractivity contribution is 5.55. The Kier molecular flexibility index (Phi) is 4.87. The minimum absolute atomic E-state index is 0.152. The van der Waals surface area contributed by atoms with E-state index in [1.165, 1.54) is 6.07 Å². The van der Waals surface area contributed by atoms with E-state index in [2.05, 4.69) is 5.32 Å². The largest absolute Gasteiger partial charge is 0.423 e. The van der Waals surface area contributed by atoms with Crippen molar-refractivity contribution >= 4 is 11.4 Å². The highest BCUT2D eigenvalue weighted by atomic mass is 19.4. The minimum atomic E-state index is -4.77. The molecule has 8 heteroatoms. The number of benzene rings is 1. The van der Waals surface area contributed by atoms with Gasteiger partial charge in [-0.3, -0.25) is 10.1 Å². The maximum atomic E-state index is 12.7. The third-order valence-corrected chi connectivity index (χ3v) is 2.23. The van der Waals surface area contributed by atoms with Gasteiger partial charge in [-0.05, 0) is 12.1 Å². The van der Waals surface area contributed by atoms with Crippen LogP contribution in [0.5, 0.6) is 0 Å². The molecule has 0 amide bonds. The summed E-state index contributed by atoms with van der Waals surface area (Å²) in [5.41, 5.74) is 3.12. The SMILES string of the molecule is NC/C=C/CNc1ccc([N+](=O)[O-])c(C(F)(F)F)c1. The van der Waals surface area contributed by atoms with E-state index >= 15 is 0 Å². The van der Waals surface area contributed by atoms with Crippen LogP contribution in [0.15, 0.2) is 30.4 Å². The molecule has 19 heavy (non-hydrogen) atoms. The topological polar surface area (TPSA) is 81.2 Å². The molecule has 0 saturated carbocycles. The molecule has 0 spiro atoms. The van der Waals surface area contributed by atoms with E-state index in [0.29, 0.717) is 12.6 Å².